The van der Waals surface area contributed by atoms with E-state index in [1.165, 1.54) is 11.8 Å². The van der Waals surface area contributed by atoms with Crippen molar-refractivity contribution in [3.05, 3.63) is 60.2 Å². The summed E-state index contributed by atoms with van der Waals surface area (Å²) in [6, 6.07) is 14.3. The molecule has 1 saturated heterocycles. The van der Waals surface area contributed by atoms with Crippen LogP contribution in [-0.2, 0) is 0 Å². The molecule has 0 atom stereocenters. The molecule has 0 aliphatic carbocycles. The maximum Gasteiger partial charge on any atom is 0.191 e. The van der Waals surface area contributed by atoms with Crippen LogP contribution in [0.2, 0.25) is 0 Å². The fourth-order valence-corrected chi connectivity index (χ4v) is 3.21. The molecule has 29 heavy (non-hydrogen) atoms. The number of ether oxygens (including phenoxy) is 1. The number of rotatable bonds is 6. The van der Waals surface area contributed by atoms with Gasteiger partial charge in [0, 0.05) is 37.9 Å². The first kappa shape index (κ1) is 23.2. The van der Waals surface area contributed by atoms with Gasteiger partial charge in [-0.05, 0) is 37.1 Å². The quantitative estimate of drug-likeness (QED) is 0.266. The Labute approximate surface area is 187 Å². The first-order valence-electron chi connectivity index (χ1n) is 9.51. The predicted molar refractivity (Wildman–Crippen MR) is 123 cm³/mol. The molecule has 0 spiro atoms. The van der Waals surface area contributed by atoms with Crippen molar-refractivity contribution in [1.29, 1.82) is 0 Å². The monoisotopic (exact) mass is 516 g/mol. The summed E-state index contributed by atoms with van der Waals surface area (Å²) in [7, 11) is 1.73. The summed E-state index contributed by atoms with van der Waals surface area (Å²) in [5.74, 6) is -0.776. The molecule has 0 aromatic heterocycles. The van der Waals surface area contributed by atoms with Crippen LogP contribution < -0.4 is 20.3 Å². The minimum atomic E-state index is -0.912. The van der Waals surface area contributed by atoms with Crippen molar-refractivity contribution < 1.29 is 13.5 Å². The van der Waals surface area contributed by atoms with Gasteiger partial charge in [0.2, 0.25) is 0 Å². The molecule has 2 N–H and O–H groups in total. The van der Waals surface area contributed by atoms with E-state index in [0.29, 0.717) is 30.9 Å². The summed E-state index contributed by atoms with van der Waals surface area (Å²) in [6.07, 6.45) is 2.06. The first-order valence-corrected chi connectivity index (χ1v) is 9.51. The van der Waals surface area contributed by atoms with Crippen LogP contribution in [0.1, 0.15) is 12.8 Å². The van der Waals surface area contributed by atoms with Crippen LogP contribution in [0.3, 0.4) is 0 Å². The molecular formula is C21H27F2IN4O. The van der Waals surface area contributed by atoms with Crippen LogP contribution >= 0.6 is 24.0 Å². The molecular weight excluding hydrogens is 489 g/mol. The van der Waals surface area contributed by atoms with Crippen LogP contribution in [0.25, 0.3) is 0 Å². The van der Waals surface area contributed by atoms with Gasteiger partial charge in [-0.25, -0.2) is 8.78 Å². The van der Waals surface area contributed by atoms with E-state index < -0.39 is 11.6 Å². The van der Waals surface area contributed by atoms with E-state index in [1.54, 1.807) is 7.05 Å². The molecule has 0 amide bonds. The summed E-state index contributed by atoms with van der Waals surface area (Å²) >= 11 is 0. The zero-order valence-corrected chi connectivity index (χ0v) is 18.7. The Balaban J connectivity index is 0.00000300. The SMILES string of the molecule is CN=C(NCCOc1ccc(F)c(F)c1)NC1CCN(c2ccccc2)CC1.I. The van der Waals surface area contributed by atoms with Gasteiger partial charge >= 0.3 is 0 Å². The molecule has 1 heterocycles. The van der Waals surface area contributed by atoms with E-state index in [1.807, 2.05) is 6.07 Å². The second kappa shape index (κ2) is 11.8. The number of aliphatic imine (C=N–C) groups is 1. The minimum absolute atomic E-state index is 0. The van der Waals surface area contributed by atoms with Crippen LogP contribution in [0.5, 0.6) is 5.75 Å². The Bertz CT molecular complexity index is 784. The van der Waals surface area contributed by atoms with Gasteiger partial charge in [-0.2, -0.15) is 0 Å². The molecule has 0 unspecified atom stereocenters. The molecule has 8 heteroatoms. The molecule has 5 nitrogen and oxygen atoms in total. The van der Waals surface area contributed by atoms with E-state index in [2.05, 4.69) is 44.8 Å². The van der Waals surface area contributed by atoms with E-state index in [9.17, 15) is 8.78 Å². The number of guanidine groups is 1. The smallest absolute Gasteiger partial charge is 0.191 e. The lowest BCUT2D eigenvalue weighted by atomic mass is 10.0. The number of hydrogen-bond donors (Lipinski definition) is 2. The lowest BCUT2D eigenvalue weighted by Gasteiger charge is -2.34. The summed E-state index contributed by atoms with van der Waals surface area (Å²) in [5, 5.41) is 6.63. The normalized spacial score (nSPS) is 14.9. The number of para-hydroxylation sites is 1. The van der Waals surface area contributed by atoms with Crippen LogP contribution in [0.4, 0.5) is 14.5 Å². The average Bonchev–Trinajstić information content (AvgIpc) is 2.74. The number of piperidine rings is 1. The van der Waals surface area contributed by atoms with E-state index in [-0.39, 0.29) is 24.0 Å². The molecule has 158 valence electrons. The van der Waals surface area contributed by atoms with Crippen molar-refractivity contribution in [3.8, 4) is 5.75 Å². The predicted octanol–water partition coefficient (Wildman–Crippen LogP) is 3.80. The van der Waals surface area contributed by atoms with Gasteiger partial charge < -0.3 is 20.3 Å². The fraction of sp³-hybridized carbons (Fsp3) is 0.381. The zero-order valence-electron chi connectivity index (χ0n) is 16.4. The summed E-state index contributed by atoms with van der Waals surface area (Å²) in [6.45, 7) is 2.82. The molecule has 1 aliphatic heterocycles. The summed E-state index contributed by atoms with van der Waals surface area (Å²) < 4.78 is 31.5. The van der Waals surface area contributed by atoms with Gasteiger partial charge in [-0.3, -0.25) is 4.99 Å². The Hall–Kier alpha value is -2.10. The fourth-order valence-electron chi connectivity index (χ4n) is 3.21. The van der Waals surface area contributed by atoms with E-state index in [4.69, 9.17) is 4.74 Å². The van der Waals surface area contributed by atoms with Gasteiger partial charge in [0.15, 0.2) is 17.6 Å². The van der Waals surface area contributed by atoms with E-state index >= 15 is 0 Å². The molecule has 1 aliphatic rings. The Kier molecular flexibility index (Phi) is 9.43. The average molecular weight is 516 g/mol. The van der Waals surface area contributed by atoms with Crippen LogP contribution in [0.15, 0.2) is 53.5 Å². The van der Waals surface area contributed by atoms with Crippen molar-refractivity contribution in [2.75, 3.05) is 38.2 Å². The highest BCUT2D eigenvalue weighted by Crippen LogP contribution is 2.19. The Morgan fingerprint density at radius 3 is 2.48 bits per heavy atom. The van der Waals surface area contributed by atoms with Gasteiger partial charge in [-0.1, -0.05) is 18.2 Å². The highest BCUT2D eigenvalue weighted by atomic mass is 127. The van der Waals surface area contributed by atoms with Crippen molar-refractivity contribution in [1.82, 2.24) is 10.6 Å². The second-order valence-corrected chi connectivity index (χ2v) is 6.66. The third kappa shape index (κ3) is 7.02. The largest absolute Gasteiger partial charge is 0.492 e. The highest BCUT2D eigenvalue weighted by molar-refractivity contribution is 14.0. The third-order valence-electron chi connectivity index (χ3n) is 4.74. The Morgan fingerprint density at radius 2 is 1.83 bits per heavy atom. The zero-order chi connectivity index (χ0) is 19.8. The lowest BCUT2D eigenvalue weighted by molar-refractivity contribution is 0.318. The van der Waals surface area contributed by atoms with Crippen molar-refractivity contribution in [2.45, 2.75) is 18.9 Å². The number of benzene rings is 2. The topological polar surface area (TPSA) is 48.9 Å². The van der Waals surface area contributed by atoms with Crippen molar-refractivity contribution >= 4 is 35.6 Å². The standard InChI is InChI=1S/C21H26F2N4O.HI/c1-24-21(25-11-14-28-18-7-8-19(22)20(23)15-18)26-16-9-12-27(13-10-16)17-5-3-2-4-6-17;/h2-8,15-16H,9-14H2,1H3,(H2,24,25,26);1H. The van der Waals surface area contributed by atoms with E-state index in [0.717, 1.165) is 38.1 Å². The van der Waals surface area contributed by atoms with Gasteiger partial charge in [0.1, 0.15) is 12.4 Å². The van der Waals surface area contributed by atoms with Crippen molar-refractivity contribution in [2.24, 2.45) is 4.99 Å². The van der Waals surface area contributed by atoms with Gasteiger partial charge in [-0.15, -0.1) is 24.0 Å². The molecule has 1 fully saturated rings. The molecule has 0 saturated carbocycles. The maximum atomic E-state index is 13.2. The second-order valence-electron chi connectivity index (χ2n) is 6.66. The van der Waals surface area contributed by atoms with Gasteiger partial charge in [0.05, 0.1) is 6.54 Å². The minimum Gasteiger partial charge on any atom is -0.492 e. The summed E-state index contributed by atoms with van der Waals surface area (Å²) in [4.78, 5) is 6.64. The highest BCUT2D eigenvalue weighted by Gasteiger charge is 2.20. The van der Waals surface area contributed by atoms with Gasteiger partial charge in [0.25, 0.3) is 0 Å². The molecule has 2 aromatic rings. The number of nitrogens with one attached hydrogen (secondary N) is 2. The molecule has 3 rings (SSSR count). The number of anilines is 1. The van der Waals surface area contributed by atoms with Crippen LogP contribution in [-0.4, -0.2) is 45.3 Å². The molecule has 2 aromatic carbocycles. The molecule has 0 radical (unpaired) electrons. The number of nitrogens with zero attached hydrogens (tertiary/aromatic N) is 2. The number of halogens is 3. The summed E-state index contributed by atoms with van der Waals surface area (Å²) in [5.41, 5.74) is 1.26. The lowest BCUT2D eigenvalue weighted by Crippen LogP contribution is -2.49. The third-order valence-corrected chi connectivity index (χ3v) is 4.74. The maximum absolute atomic E-state index is 13.2. The molecule has 0 bridgehead atoms. The van der Waals surface area contributed by atoms with Crippen molar-refractivity contribution in [3.63, 3.8) is 0 Å². The van der Waals surface area contributed by atoms with Crippen LogP contribution in [0, 0.1) is 11.6 Å². The first-order chi connectivity index (χ1) is 13.7. The number of hydrogen-bond acceptors (Lipinski definition) is 3. The Morgan fingerprint density at radius 1 is 1.10 bits per heavy atom.